The first-order valence-corrected chi connectivity index (χ1v) is 4.49. The van der Waals surface area contributed by atoms with E-state index in [9.17, 15) is 39.6 Å². The third-order valence-electron chi connectivity index (χ3n) is 1.56. The molecule has 4 atom stereocenters. The third-order valence-corrected chi connectivity index (χ3v) is 1.56. The van der Waals surface area contributed by atoms with Crippen LogP contribution in [0.15, 0.2) is 0 Å². The largest absolute Gasteiger partial charge is 3.00 e. The van der Waals surface area contributed by atoms with Gasteiger partial charge in [0.2, 0.25) is 0 Å². The van der Waals surface area contributed by atoms with E-state index in [1.807, 2.05) is 0 Å². The van der Waals surface area contributed by atoms with Crippen molar-refractivity contribution in [2.45, 2.75) is 24.4 Å². The van der Waals surface area contributed by atoms with E-state index in [1.54, 1.807) is 0 Å². The van der Waals surface area contributed by atoms with Gasteiger partial charge in [-0.15, -0.1) is 0 Å². The van der Waals surface area contributed by atoms with Crippen molar-refractivity contribution >= 4 is 48.3 Å². The van der Waals surface area contributed by atoms with Gasteiger partial charge in [0, 0.05) is 0 Å². The predicted molar refractivity (Wildman–Crippen MR) is 71.5 cm³/mol. The Bertz CT molecular complexity index is 320. The molecule has 2 radical (unpaired) electrons. The molecular formula is C8H20KO18Sb. The molecule has 0 bridgehead atoms. The number of carbonyl (C=O) groups excluding carboxylic acids is 4. The molecule has 4 unspecified atom stereocenters. The van der Waals surface area contributed by atoms with Crippen molar-refractivity contribution in [3.8, 4) is 0 Å². The first kappa shape index (κ1) is 63.0. The van der Waals surface area contributed by atoms with Crippen molar-refractivity contribution in [1.29, 1.82) is 0 Å². The van der Waals surface area contributed by atoms with Gasteiger partial charge in [0.25, 0.3) is 0 Å². The van der Waals surface area contributed by atoms with E-state index in [2.05, 4.69) is 0 Å². The molecule has 0 spiro atoms. The summed E-state index contributed by atoms with van der Waals surface area (Å²) in [5.74, 6) is -8.23. The van der Waals surface area contributed by atoms with Crippen LogP contribution < -0.4 is 71.8 Å². The summed E-state index contributed by atoms with van der Waals surface area (Å²) in [5, 5.41) is 71.5. The zero-order chi connectivity index (χ0) is 16.6. The number of carboxylic acid groups (broad SMARTS) is 4. The Morgan fingerprint density at radius 1 is 0.464 bits per heavy atom. The van der Waals surface area contributed by atoms with E-state index in [0.717, 1.165) is 0 Å². The van der Waals surface area contributed by atoms with E-state index in [1.165, 1.54) is 0 Å². The topological polar surface area (TPSA) is 430 Å². The first-order valence-electron chi connectivity index (χ1n) is 4.49. The Balaban J connectivity index is -0.0000000225. The minimum Gasteiger partial charge on any atom is -0.547 e. The number of aliphatic carboxylic acids is 4. The van der Waals surface area contributed by atoms with Crippen molar-refractivity contribution in [2.75, 3.05) is 0 Å². The van der Waals surface area contributed by atoms with Crippen molar-refractivity contribution in [3.05, 3.63) is 0 Å². The Hall–Kier alpha value is -0.0655. The van der Waals surface area contributed by atoms with Gasteiger partial charge >= 0.3 is 75.8 Å². The average molecular weight is 565 g/mol. The van der Waals surface area contributed by atoms with Crippen LogP contribution in [0.3, 0.4) is 0 Å². The number of aliphatic hydroxyl groups excluding tert-OH is 4. The van der Waals surface area contributed by atoms with Crippen molar-refractivity contribution in [1.82, 2.24) is 0 Å². The van der Waals surface area contributed by atoms with Crippen LogP contribution in [0.1, 0.15) is 0 Å². The second-order valence-electron chi connectivity index (χ2n) is 3.06. The van der Waals surface area contributed by atoms with E-state index >= 15 is 0 Å². The van der Waals surface area contributed by atoms with Crippen LogP contribution in [0.25, 0.3) is 0 Å². The molecule has 20 heteroatoms. The van der Waals surface area contributed by atoms with E-state index in [4.69, 9.17) is 20.4 Å². The van der Waals surface area contributed by atoms with Crippen LogP contribution in [-0.2, 0) is 19.2 Å². The molecule has 0 aliphatic heterocycles. The van der Waals surface area contributed by atoms with Crippen molar-refractivity contribution in [3.63, 3.8) is 0 Å². The molecule has 0 amide bonds. The van der Waals surface area contributed by atoms with Crippen LogP contribution in [-0.4, -0.2) is 126 Å². The summed E-state index contributed by atoms with van der Waals surface area (Å²) in [6, 6.07) is 0. The SMILES string of the molecule is O.O.O.O.O.O.O=C([O-])C(O)C(O)C(=O)[O-].O=C([O-])C(O)C(O)C(=O)[O-].[K+].[Sb+3]. The van der Waals surface area contributed by atoms with Crippen LogP contribution in [0.4, 0.5) is 0 Å². The van der Waals surface area contributed by atoms with Gasteiger partial charge in [-0.3, -0.25) is 0 Å². The molecule has 18 nitrogen and oxygen atoms in total. The molecule has 0 aromatic heterocycles. The fraction of sp³-hybridized carbons (Fsp3) is 0.500. The minimum atomic E-state index is -2.44. The Morgan fingerprint density at radius 3 is 0.571 bits per heavy atom. The van der Waals surface area contributed by atoms with Gasteiger partial charge in [0.05, 0.1) is 23.9 Å². The fourth-order valence-electron chi connectivity index (χ4n) is 0.516. The molecule has 166 valence electrons. The molecule has 0 saturated carbocycles. The van der Waals surface area contributed by atoms with Gasteiger partial charge < -0.3 is 92.9 Å². The monoisotopic (exact) mass is 564 g/mol. The second-order valence-corrected chi connectivity index (χ2v) is 3.06. The van der Waals surface area contributed by atoms with Gasteiger partial charge in [-0.25, -0.2) is 0 Å². The molecule has 28 heavy (non-hydrogen) atoms. The maximum absolute atomic E-state index is 9.63. The summed E-state index contributed by atoms with van der Waals surface area (Å²) in [6.07, 6.45) is -9.76. The summed E-state index contributed by atoms with van der Waals surface area (Å²) in [4.78, 5) is 38.5. The van der Waals surface area contributed by atoms with Crippen molar-refractivity contribution in [2.24, 2.45) is 0 Å². The number of rotatable bonds is 6. The van der Waals surface area contributed by atoms with Crippen LogP contribution >= 0.6 is 0 Å². The average Bonchev–Trinajstić information content (AvgIpc) is 2.35. The maximum atomic E-state index is 9.63. The Kier molecular flexibility index (Phi) is 71.2. The number of carboxylic acids is 4. The molecule has 0 aliphatic rings. The summed E-state index contributed by atoms with van der Waals surface area (Å²) < 4.78 is 0. The molecule has 0 rings (SSSR count). The third kappa shape index (κ3) is 28.1. The molecule has 0 aromatic rings. The van der Waals surface area contributed by atoms with E-state index in [0.29, 0.717) is 0 Å². The normalized spacial score (nSPS) is 11.3. The second kappa shape index (κ2) is 31.6. The smallest absolute Gasteiger partial charge is 0.547 e. The predicted octanol–water partition coefficient (Wildman–Crippen LogP) is -17.9. The summed E-state index contributed by atoms with van der Waals surface area (Å²) in [7, 11) is 0. The van der Waals surface area contributed by atoms with Gasteiger partial charge in [0.15, 0.2) is 0 Å². The number of hydrogen-bond acceptors (Lipinski definition) is 12. The number of hydrogen-bond donors (Lipinski definition) is 4. The van der Waals surface area contributed by atoms with Gasteiger partial charge in [-0.2, -0.15) is 0 Å². The number of aliphatic hydroxyl groups is 4. The summed E-state index contributed by atoms with van der Waals surface area (Å²) >= 11 is 0. The molecule has 16 N–H and O–H groups in total. The molecular weight excluding hydrogens is 545 g/mol. The summed E-state index contributed by atoms with van der Waals surface area (Å²) in [5.41, 5.74) is 0. The Labute approximate surface area is 215 Å². The zero-order valence-electron chi connectivity index (χ0n) is 13.8. The van der Waals surface area contributed by atoms with E-state index < -0.39 is 48.3 Å². The maximum Gasteiger partial charge on any atom is 3.00 e. The van der Waals surface area contributed by atoms with Crippen LogP contribution in [0.5, 0.6) is 0 Å². The Morgan fingerprint density at radius 2 is 0.536 bits per heavy atom. The molecule has 0 heterocycles. The van der Waals surface area contributed by atoms with Crippen LogP contribution in [0.2, 0.25) is 0 Å². The first-order chi connectivity index (χ1) is 8.93. The number of carbonyl (C=O) groups is 4. The summed E-state index contributed by atoms with van der Waals surface area (Å²) in [6.45, 7) is 0. The van der Waals surface area contributed by atoms with Gasteiger partial charge in [0.1, 0.15) is 24.4 Å². The molecule has 0 aromatic carbocycles. The zero-order valence-corrected chi connectivity index (χ0v) is 19.5. The molecule has 0 aliphatic carbocycles. The quantitative estimate of drug-likeness (QED) is 0.218. The van der Waals surface area contributed by atoms with E-state index in [-0.39, 0.29) is 109 Å². The molecule has 0 saturated heterocycles. The van der Waals surface area contributed by atoms with Gasteiger partial charge in [-0.1, -0.05) is 0 Å². The van der Waals surface area contributed by atoms with Crippen molar-refractivity contribution < 1.29 is 144 Å². The molecule has 0 fully saturated rings. The fourth-order valence-corrected chi connectivity index (χ4v) is 0.516. The minimum absolute atomic E-state index is 0. The van der Waals surface area contributed by atoms with Crippen LogP contribution in [0, 0.1) is 0 Å². The standard InChI is InChI=1S/2C4H6O6.K.6H2O.Sb/c2*5-1(3(7)8)2(6)4(9)10;;;;;;;;/h2*1-2,5-6H,(H,7,8)(H,9,10);;6*1H2;/q;;+1;;;;;;;+3/p-4. The van der Waals surface area contributed by atoms with Gasteiger partial charge in [-0.05, 0) is 0 Å².